The summed E-state index contributed by atoms with van der Waals surface area (Å²) in [6.45, 7) is 2.03. The summed E-state index contributed by atoms with van der Waals surface area (Å²) in [6, 6.07) is 9.99. The predicted octanol–water partition coefficient (Wildman–Crippen LogP) is 1.81. The first-order valence-electron chi connectivity index (χ1n) is 8.89. The molecule has 154 valence electrons. The number of benzene rings is 2. The van der Waals surface area contributed by atoms with Gasteiger partial charge in [-0.15, -0.1) is 0 Å². The highest BCUT2D eigenvalue weighted by Crippen LogP contribution is 2.28. The Labute approximate surface area is 167 Å². The molecule has 0 saturated heterocycles. The fraction of sp³-hybridized carbons (Fsp3) is 0.250. The number of hydrazine groups is 1. The van der Waals surface area contributed by atoms with E-state index < -0.39 is 30.1 Å². The number of halogens is 1. The van der Waals surface area contributed by atoms with Gasteiger partial charge in [-0.3, -0.25) is 25.2 Å². The predicted molar refractivity (Wildman–Crippen MR) is 103 cm³/mol. The molecule has 3 N–H and O–H groups in total. The van der Waals surface area contributed by atoms with Gasteiger partial charge in [0.2, 0.25) is 0 Å². The third kappa shape index (κ3) is 6.20. The molecule has 0 saturated carbocycles. The zero-order valence-electron chi connectivity index (χ0n) is 16.1. The van der Waals surface area contributed by atoms with Gasteiger partial charge in [-0.25, -0.2) is 4.39 Å². The summed E-state index contributed by atoms with van der Waals surface area (Å²) in [5.74, 6) is -1.81. The van der Waals surface area contributed by atoms with E-state index in [0.29, 0.717) is 18.1 Å². The maximum atomic E-state index is 13.5. The van der Waals surface area contributed by atoms with Gasteiger partial charge in [0.1, 0.15) is 5.82 Å². The van der Waals surface area contributed by atoms with Gasteiger partial charge in [0, 0.05) is 5.56 Å². The SMILES string of the molecule is CCCOc1ccc(C(=O)NNC(=O)CNC(=O)c2ccccc2F)cc1OC. The van der Waals surface area contributed by atoms with E-state index in [1.165, 1.54) is 37.4 Å². The molecule has 0 radical (unpaired) electrons. The Morgan fingerprint density at radius 2 is 1.76 bits per heavy atom. The van der Waals surface area contributed by atoms with E-state index in [9.17, 15) is 18.8 Å². The summed E-state index contributed by atoms with van der Waals surface area (Å²) >= 11 is 0. The standard InChI is InChI=1S/C20H22FN3O5/c1-3-10-29-16-9-8-13(11-17(16)28-2)19(26)24-23-18(25)12-22-20(27)14-6-4-5-7-15(14)21/h4-9,11H,3,10,12H2,1-2H3,(H,22,27)(H,23,25)(H,24,26). The van der Waals surface area contributed by atoms with Gasteiger partial charge >= 0.3 is 0 Å². The second-order valence-electron chi connectivity index (χ2n) is 5.88. The second-order valence-corrected chi connectivity index (χ2v) is 5.88. The molecule has 2 aromatic carbocycles. The Morgan fingerprint density at radius 3 is 2.45 bits per heavy atom. The van der Waals surface area contributed by atoms with Crippen LogP contribution in [0.4, 0.5) is 4.39 Å². The Hall–Kier alpha value is -3.62. The van der Waals surface area contributed by atoms with E-state index in [2.05, 4.69) is 16.2 Å². The highest BCUT2D eigenvalue weighted by Gasteiger charge is 2.14. The summed E-state index contributed by atoms with van der Waals surface area (Å²) in [5, 5.41) is 2.27. The molecule has 0 aliphatic rings. The third-order valence-electron chi connectivity index (χ3n) is 3.73. The lowest BCUT2D eigenvalue weighted by molar-refractivity contribution is -0.120. The molecule has 2 rings (SSSR count). The minimum atomic E-state index is -0.739. The highest BCUT2D eigenvalue weighted by atomic mass is 19.1. The van der Waals surface area contributed by atoms with Gasteiger partial charge in [0.25, 0.3) is 17.7 Å². The van der Waals surface area contributed by atoms with Crippen LogP contribution in [0.5, 0.6) is 11.5 Å². The summed E-state index contributed by atoms with van der Waals surface area (Å²) < 4.78 is 24.2. The van der Waals surface area contributed by atoms with Crippen molar-refractivity contribution in [2.24, 2.45) is 0 Å². The van der Waals surface area contributed by atoms with Crippen LogP contribution in [0, 0.1) is 5.82 Å². The number of amides is 3. The smallest absolute Gasteiger partial charge is 0.269 e. The van der Waals surface area contributed by atoms with Crippen LogP contribution in [0.3, 0.4) is 0 Å². The number of carbonyl (C=O) groups is 3. The average Bonchev–Trinajstić information content (AvgIpc) is 2.74. The van der Waals surface area contributed by atoms with Gasteiger partial charge < -0.3 is 14.8 Å². The lowest BCUT2D eigenvalue weighted by atomic mass is 10.2. The monoisotopic (exact) mass is 403 g/mol. The van der Waals surface area contributed by atoms with E-state index in [4.69, 9.17) is 9.47 Å². The van der Waals surface area contributed by atoms with E-state index >= 15 is 0 Å². The molecule has 0 aromatic heterocycles. The summed E-state index contributed by atoms with van der Waals surface area (Å²) in [4.78, 5) is 35.9. The molecular formula is C20H22FN3O5. The molecule has 0 unspecified atom stereocenters. The fourth-order valence-corrected chi connectivity index (χ4v) is 2.28. The lowest BCUT2D eigenvalue weighted by Gasteiger charge is -2.12. The number of rotatable bonds is 8. The molecule has 2 aromatic rings. The average molecular weight is 403 g/mol. The van der Waals surface area contributed by atoms with Gasteiger partial charge in [-0.2, -0.15) is 0 Å². The molecule has 0 spiro atoms. The normalized spacial score (nSPS) is 10.0. The van der Waals surface area contributed by atoms with Gasteiger partial charge in [-0.1, -0.05) is 19.1 Å². The maximum absolute atomic E-state index is 13.5. The summed E-state index contributed by atoms with van der Waals surface area (Å²) in [5.41, 5.74) is 4.46. The van der Waals surface area contributed by atoms with Gasteiger partial charge in [-0.05, 0) is 36.8 Å². The number of nitrogens with one attached hydrogen (secondary N) is 3. The van der Waals surface area contributed by atoms with E-state index in [0.717, 1.165) is 12.5 Å². The van der Waals surface area contributed by atoms with Crippen LogP contribution in [0.25, 0.3) is 0 Å². The minimum absolute atomic E-state index is 0.179. The number of methoxy groups -OCH3 is 1. The number of hydrogen-bond acceptors (Lipinski definition) is 5. The molecule has 3 amide bonds. The first kappa shape index (κ1) is 21.7. The van der Waals surface area contributed by atoms with Crippen LogP contribution in [-0.4, -0.2) is 38.0 Å². The van der Waals surface area contributed by atoms with Crippen molar-refractivity contribution >= 4 is 17.7 Å². The molecular weight excluding hydrogens is 381 g/mol. The fourth-order valence-electron chi connectivity index (χ4n) is 2.28. The molecule has 0 aliphatic heterocycles. The molecule has 0 heterocycles. The molecule has 8 nitrogen and oxygen atoms in total. The first-order chi connectivity index (χ1) is 14.0. The van der Waals surface area contributed by atoms with Crippen LogP contribution in [0.1, 0.15) is 34.1 Å². The Bertz CT molecular complexity index is 888. The number of carbonyl (C=O) groups excluding carboxylic acids is 3. The van der Waals surface area contributed by atoms with Crippen molar-refractivity contribution in [2.75, 3.05) is 20.3 Å². The Morgan fingerprint density at radius 1 is 1.00 bits per heavy atom. The molecule has 0 fully saturated rings. The minimum Gasteiger partial charge on any atom is -0.493 e. The van der Waals surface area contributed by atoms with Crippen molar-refractivity contribution in [1.82, 2.24) is 16.2 Å². The quantitative estimate of drug-likeness (QED) is 0.583. The molecule has 0 aliphatic carbocycles. The van der Waals surface area contributed by atoms with Crippen molar-refractivity contribution in [3.05, 3.63) is 59.4 Å². The van der Waals surface area contributed by atoms with E-state index in [1.807, 2.05) is 6.92 Å². The van der Waals surface area contributed by atoms with Crippen molar-refractivity contribution in [2.45, 2.75) is 13.3 Å². The maximum Gasteiger partial charge on any atom is 0.269 e. The van der Waals surface area contributed by atoms with Crippen LogP contribution in [0.2, 0.25) is 0 Å². The van der Waals surface area contributed by atoms with Gasteiger partial charge in [0.05, 0.1) is 25.8 Å². The zero-order valence-corrected chi connectivity index (χ0v) is 16.1. The Balaban J connectivity index is 1.86. The Kier molecular flexibility index (Phi) is 7.96. The second kappa shape index (κ2) is 10.6. The molecule has 0 atom stereocenters. The van der Waals surface area contributed by atoms with Crippen molar-refractivity contribution in [1.29, 1.82) is 0 Å². The largest absolute Gasteiger partial charge is 0.493 e. The van der Waals surface area contributed by atoms with Crippen molar-refractivity contribution in [3.8, 4) is 11.5 Å². The van der Waals surface area contributed by atoms with E-state index in [1.54, 1.807) is 6.07 Å². The zero-order chi connectivity index (χ0) is 21.2. The van der Waals surface area contributed by atoms with Crippen LogP contribution in [0.15, 0.2) is 42.5 Å². The molecule has 0 bridgehead atoms. The van der Waals surface area contributed by atoms with Gasteiger partial charge in [0.15, 0.2) is 11.5 Å². The molecule has 29 heavy (non-hydrogen) atoms. The van der Waals surface area contributed by atoms with Crippen molar-refractivity contribution < 1.29 is 28.2 Å². The number of hydrogen-bond donors (Lipinski definition) is 3. The summed E-state index contributed by atoms with van der Waals surface area (Å²) in [7, 11) is 1.45. The first-order valence-corrected chi connectivity index (χ1v) is 8.89. The van der Waals surface area contributed by atoms with Crippen LogP contribution in [-0.2, 0) is 4.79 Å². The van der Waals surface area contributed by atoms with Crippen molar-refractivity contribution in [3.63, 3.8) is 0 Å². The number of ether oxygens (including phenoxy) is 2. The lowest BCUT2D eigenvalue weighted by Crippen LogP contribution is -2.46. The van der Waals surface area contributed by atoms with E-state index in [-0.39, 0.29) is 11.1 Å². The summed E-state index contributed by atoms with van der Waals surface area (Å²) in [6.07, 6.45) is 0.824. The van der Waals surface area contributed by atoms with Crippen LogP contribution < -0.4 is 25.6 Å². The molecule has 9 heteroatoms. The van der Waals surface area contributed by atoms with Crippen LogP contribution >= 0.6 is 0 Å². The topological polar surface area (TPSA) is 106 Å². The third-order valence-corrected chi connectivity index (χ3v) is 3.73. The highest BCUT2D eigenvalue weighted by molar-refractivity contribution is 5.98.